The molecule has 0 saturated heterocycles. The van der Waals surface area contributed by atoms with Gasteiger partial charge in [0.25, 0.3) is 0 Å². The highest BCUT2D eigenvalue weighted by atomic mass is 14.1. The Morgan fingerprint density at radius 3 is 2.50 bits per heavy atom. The standard InChI is InChI=1S/C16H16/c1-3-16(14-9-5-4-6-10-14)15-11-7-8-13(2)12-15/h4-6,9-12,16H,3H2,1-2H3. The molecular weight excluding hydrogens is 192 g/mol. The summed E-state index contributed by atoms with van der Waals surface area (Å²) in [4.78, 5) is 0. The number of hydrogen-bond acceptors (Lipinski definition) is 0. The van der Waals surface area contributed by atoms with Gasteiger partial charge in [0.2, 0.25) is 0 Å². The number of benzene rings is 1. The van der Waals surface area contributed by atoms with Gasteiger partial charge >= 0.3 is 0 Å². The Morgan fingerprint density at radius 1 is 1.12 bits per heavy atom. The van der Waals surface area contributed by atoms with Gasteiger partial charge in [0.15, 0.2) is 0 Å². The third-order valence-electron chi connectivity index (χ3n) is 2.90. The summed E-state index contributed by atoms with van der Waals surface area (Å²) in [5.41, 5.74) is 3.88. The second kappa shape index (κ2) is 4.86. The highest BCUT2D eigenvalue weighted by Crippen LogP contribution is 2.27. The summed E-state index contributed by atoms with van der Waals surface area (Å²) in [5.74, 6) is 0.478. The maximum Gasteiger partial charge on any atom is 0.00933 e. The van der Waals surface area contributed by atoms with Crippen LogP contribution in [0.25, 0.3) is 0 Å². The highest BCUT2D eigenvalue weighted by molar-refractivity contribution is 5.32. The van der Waals surface area contributed by atoms with Crippen LogP contribution < -0.4 is 0 Å². The van der Waals surface area contributed by atoms with Crippen LogP contribution in [0.15, 0.2) is 42.5 Å². The minimum Gasteiger partial charge on any atom is -0.0697 e. The molecule has 16 heavy (non-hydrogen) atoms. The van der Waals surface area contributed by atoms with Gasteiger partial charge in [-0.2, -0.15) is 0 Å². The lowest BCUT2D eigenvalue weighted by Gasteiger charge is -2.15. The van der Waals surface area contributed by atoms with Crippen LogP contribution in [0.4, 0.5) is 0 Å². The topological polar surface area (TPSA) is 0 Å². The summed E-state index contributed by atoms with van der Waals surface area (Å²) >= 11 is 0. The zero-order chi connectivity index (χ0) is 11.4. The van der Waals surface area contributed by atoms with Gasteiger partial charge in [0.1, 0.15) is 0 Å². The van der Waals surface area contributed by atoms with Gasteiger partial charge in [0, 0.05) is 5.92 Å². The van der Waals surface area contributed by atoms with E-state index >= 15 is 0 Å². The Morgan fingerprint density at radius 2 is 1.88 bits per heavy atom. The van der Waals surface area contributed by atoms with Crippen LogP contribution >= 0.6 is 0 Å². The van der Waals surface area contributed by atoms with Crippen molar-refractivity contribution >= 4 is 0 Å². The Bertz CT molecular complexity index is 443. The first kappa shape index (κ1) is 10.8. The Labute approximate surface area is 97.9 Å². The molecule has 0 bridgehead atoms. The summed E-state index contributed by atoms with van der Waals surface area (Å²) in [7, 11) is 0. The lowest BCUT2D eigenvalue weighted by Crippen LogP contribution is -1.99. The molecule has 80 valence electrons. The molecule has 2 aromatic rings. The van der Waals surface area contributed by atoms with Crippen molar-refractivity contribution in [1.29, 1.82) is 0 Å². The molecule has 0 heterocycles. The van der Waals surface area contributed by atoms with Gasteiger partial charge < -0.3 is 0 Å². The average Bonchev–Trinajstić information content (AvgIpc) is 2.31. The van der Waals surface area contributed by atoms with Crippen LogP contribution in [0.1, 0.15) is 36.0 Å². The third kappa shape index (κ3) is 2.25. The molecule has 0 amide bonds. The van der Waals surface area contributed by atoms with Crippen molar-refractivity contribution in [2.24, 2.45) is 0 Å². The van der Waals surface area contributed by atoms with Crippen LogP contribution in [0.3, 0.4) is 0 Å². The van der Waals surface area contributed by atoms with E-state index in [1.54, 1.807) is 0 Å². The van der Waals surface area contributed by atoms with Gasteiger partial charge in [-0.3, -0.25) is 0 Å². The number of hydrogen-bond donors (Lipinski definition) is 0. The molecule has 1 atom stereocenters. The molecular formula is C16H16. The SMILES string of the molecule is CCC(c1ccccc1)c1cc#cc(C)c1. The summed E-state index contributed by atoms with van der Waals surface area (Å²) in [6.45, 7) is 4.29. The predicted octanol–water partition coefficient (Wildman–Crippen LogP) is 4.14. The molecule has 0 aliphatic rings. The zero-order valence-corrected chi connectivity index (χ0v) is 9.83. The van der Waals surface area contributed by atoms with Gasteiger partial charge in [-0.05, 0) is 42.2 Å². The molecule has 0 aliphatic carbocycles. The maximum absolute atomic E-state index is 3.09. The van der Waals surface area contributed by atoms with Crippen molar-refractivity contribution in [3.8, 4) is 0 Å². The highest BCUT2D eigenvalue weighted by Gasteiger charge is 2.11. The molecule has 0 fully saturated rings. The van der Waals surface area contributed by atoms with E-state index in [0.717, 1.165) is 12.0 Å². The lowest BCUT2D eigenvalue weighted by atomic mass is 9.89. The van der Waals surface area contributed by atoms with Crippen LogP contribution in [0.2, 0.25) is 0 Å². The molecule has 0 aromatic heterocycles. The second-order valence-electron chi connectivity index (χ2n) is 4.11. The molecule has 2 aromatic carbocycles. The first-order chi connectivity index (χ1) is 7.81. The predicted molar refractivity (Wildman–Crippen MR) is 67.4 cm³/mol. The van der Waals surface area contributed by atoms with Crippen LogP contribution in [0.5, 0.6) is 0 Å². The summed E-state index contributed by atoms with van der Waals surface area (Å²) in [6.07, 6.45) is 1.11. The monoisotopic (exact) mass is 208 g/mol. The van der Waals surface area contributed by atoms with Gasteiger partial charge in [-0.1, -0.05) is 49.4 Å². The zero-order valence-electron chi connectivity index (χ0n) is 9.83. The van der Waals surface area contributed by atoms with Crippen molar-refractivity contribution in [1.82, 2.24) is 0 Å². The fourth-order valence-electron chi connectivity index (χ4n) is 2.11. The van der Waals surface area contributed by atoms with E-state index < -0.39 is 0 Å². The normalized spacial score (nSPS) is 11.9. The molecule has 2 rings (SSSR count). The average molecular weight is 208 g/mol. The molecule has 0 nitrogen and oxygen atoms in total. The Kier molecular flexibility index (Phi) is 3.27. The first-order valence-corrected chi connectivity index (χ1v) is 5.76. The van der Waals surface area contributed by atoms with Crippen molar-refractivity contribution in [3.05, 3.63) is 71.3 Å². The van der Waals surface area contributed by atoms with E-state index in [1.807, 2.05) is 6.07 Å². The first-order valence-electron chi connectivity index (χ1n) is 5.76. The van der Waals surface area contributed by atoms with E-state index in [2.05, 4.69) is 62.4 Å². The van der Waals surface area contributed by atoms with Crippen LogP contribution in [0, 0.1) is 19.1 Å². The third-order valence-corrected chi connectivity index (χ3v) is 2.90. The van der Waals surface area contributed by atoms with E-state index in [1.165, 1.54) is 11.1 Å². The van der Waals surface area contributed by atoms with Gasteiger partial charge in [-0.15, -0.1) is 0 Å². The maximum atomic E-state index is 3.09. The molecule has 0 saturated carbocycles. The van der Waals surface area contributed by atoms with E-state index in [-0.39, 0.29) is 0 Å². The molecule has 0 N–H and O–H groups in total. The summed E-state index contributed by atoms with van der Waals surface area (Å²) in [5, 5.41) is 0. The minimum absolute atomic E-state index is 0.478. The minimum atomic E-state index is 0.478. The molecule has 0 heteroatoms. The van der Waals surface area contributed by atoms with Crippen LogP contribution in [-0.4, -0.2) is 0 Å². The summed E-state index contributed by atoms with van der Waals surface area (Å²) in [6, 6.07) is 21.1. The van der Waals surface area contributed by atoms with Gasteiger partial charge in [-0.25, -0.2) is 0 Å². The van der Waals surface area contributed by atoms with Gasteiger partial charge in [0.05, 0.1) is 0 Å². The number of aryl methyl sites for hydroxylation is 1. The molecule has 0 spiro atoms. The molecule has 1 unspecified atom stereocenters. The largest absolute Gasteiger partial charge is 0.0697 e. The van der Waals surface area contributed by atoms with Crippen molar-refractivity contribution in [2.75, 3.05) is 0 Å². The van der Waals surface area contributed by atoms with Crippen molar-refractivity contribution in [3.63, 3.8) is 0 Å². The number of rotatable bonds is 3. The molecule has 0 aliphatic heterocycles. The smallest absolute Gasteiger partial charge is 0.00933 e. The quantitative estimate of drug-likeness (QED) is 0.711. The van der Waals surface area contributed by atoms with Crippen molar-refractivity contribution < 1.29 is 0 Å². The fraction of sp³-hybridized carbons (Fsp3) is 0.250. The van der Waals surface area contributed by atoms with Crippen molar-refractivity contribution in [2.45, 2.75) is 26.2 Å². The Balaban J connectivity index is 2.37. The fourth-order valence-corrected chi connectivity index (χ4v) is 2.11. The van der Waals surface area contributed by atoms with E-state index in [0.29, 0.717) is 5.92 Å². The Hall–Kier alpha value is -1.74. The second-order valence-corrected chi connectivity index (χ2v) is 4.11. The van der Waals surface area contributed by atoms with E-state index in [9.17, 15) is 0 Å². The van der Waals surface area contributed by atoms with E-state index in [4.69, 9.17) is 0 Å². The van der Waals surface area contributed by atoms with Crippen LogP contribution in [-0.2, 0) is 0 Å². The lowest BCUT2D eigenvalue weighted by molar-refractivity contribution is 0.777. The molecule has 0 radical (unpaired) electrons. The summed E-state index contributed by atoms with van der Waals surface area (Å²) < 4.78 is 0.